The van der Waals surface area contributed by atoms with Crippen molar-refractivity contribution in [2.24, 2.45) is 0 Å². The molecule has 0 aliphatic carbocycles. The van der Waals surface area contributed by atoms with E-state index in [-0.39, 0.29) is 0 Å². The topological polar surface area (TPSA) is 0 Å². The fourth-order valence-electron chi connectivity index (χ4n) is 0.237. The Morgan fingerprint density at radius 1 is 1.50 bits per heavy atom. The van der Waals surface area contributed by atoms with E-state index in [1.54, 1.807) is 0 Å². The Balaban J connectivity index is 3.69. The molecule has 0 saturated heterocycles. The zero-order chi connectivity index (χ0) is 6.62. The van der Waals surface area contributed by atoms with E-state index in [0.29, 0.717) is 0 Å². The average molecular weight is 118 g/mol. The van der Waals surface area contributed by atoms with Crippen LogP contribution in [0, 0.1) is 0 Å². The molecule has 0 aromatic heterocycles. The monoisotopic (exact) mass is 118 g/mol. The fourth-order valence-corrected chi connectivity index (χ4v) is 0.237. The van der Waals surface area contributed by atoms with E-state index in [0.717, 1.165) is 13.0 Å². The van der Waals surface area contributed by atoms with Crippen LogP contribution in [-0.4, -0.2) is 5.92 Å². The second-order valence-electron chi connectivity index (χ2n) is 1.55. The predicted octanol–water partition coefficient (Wildman–Crippen LogP) is 2.38. The van der Waals surface area contributed by atoms with E-state index in [1.807, 2.05) is 0 Å². The molecule has 0 saturated carbocycles. The first-order chi connectivity index (χ1) is 3.56. The summed E-state index contributed by atoms with van der Waals surface area (Å²) < 4.78 is 23.5. The van der Waals surface area contributed by atoms with E-state index < -0.39 is 5.92 Å². The van der Waals surface area contributed by atoms with Crippen LogP contribution in [-0.2, 0) is 0 Å². The van der Waals surface area contributed by atoms with Crippen molar-refractivity contribution < 1.29 is 8.78 Å². The smallest absolute Gasteiger partial charge is 0.202 e. The third-order valence-corrected chi connectivity index (χ3v) is 0.525. The molecule has 0 radical (unpaired) electrons. The zero-order valence-electron chi connectivity index (χ0n) is 4.70. The molecule has 0 aliphatic rings. The minimum absolute atomic E-state index is 0.792. The summed E-state index contributed by atoms with van der Waals surface area (Å²) in [6.07, 6.45) is 3.33. The van der Waals surface area contributed by atoms with Crippen LogP contribution in [0.25, 0.3) is 0 Å². The van der Waals surface area contributed by atoms with Gasteiger partial charge in [-0.1, -0.05) is 18.7 Å². The second-order valence-corrected chi connectivity index (χ2v) is 1.55. The molecule has 0 unspecified atom stereocenters. The number of alkyl halides is 2. The standard InChI is InChI=1S/C6H8F2/c1-3-4-5-6(2,7)8/h3-5H,1H2,2H3/b5-4+. The molecule has 2 heteroatoms. The minimum Gasteiger partial charge on any atom is -0.202 e. The Morgan fingerprint density at radius 3 is 2.12 bits per heavy atom. The maximum Gasteiger partial charge on any atom is 0.264 e. The molecule has 46 valence electrons. The van der Waals surface area contributed by atoms with E-state index in [1.165, 1.54) is 12.2 Å². The molecule has 0 amide bonds. The lowest BCUT2D eigenvalue weighted by Crippen LogP contribution is -2.02. The van der Waals surface area contributed by atoms with Gasteiger partial charge in [0, 0.05) is 6.92 Å². The lowest BCUT2D eigenvalue weighted by atomic mass is 10.3. The summed E-state index contributed by atoms with van der Waals surface area (Å²) >= 11 is 0. The summed E-state index contributed by atoms with van der Waals surface area (Å²) in [5.41, 5.74) is 0. The van der Waals surface area contributed by atoms with Crippen LogP contribution in [0.5, 0.6) is 0 Å². The molecular formula is C6H8F2. The molecule has 0 spiro atoms. The summed E-state index contributed by atoms with van der Waals surface area (Å²) in [5.74, 6) is -2.70. The quantitative estimate of drug-likeness (QED) is 0.488. The normalized spacial score (nSPS) is 12.4. The van der Waals surface area contributed by atoms with Gasteiger partial charge in [-0.15, -0.1) is 0 Å². The Kier molecular flexibility index (Phi) is 2.38. The Morgan fingerprint density at radius 2 is 2.00 bits per heavy atom. The molecule has 8 heavy (non-hydrogen) atoms. The number of allylic oxidation sites excluding steroid dienone is 3. The van der Waals surface area contributed by atoms with Crippen molar-refractivity contribution in [3.8, 4) is 0 Å². The highest BCUT2D eigenvalue weighted by molar-refractivity contribution is 5.02. The highest BCUT2D eigenvalue weighted by Crippen LogP contribution is 2.12. The Labute approximate surface area is 47.5 Å². The lowest BCUT2D eigenvalue weighted by Gasteiger charge is -1.99. The van der Waals surface area contributed by atoms with E-state index in [4.69, 9.17) is 0 Å². The number of hydrogen-bond acceptors (Lipinski definition) is 0. The van der Waals surface area contributed by atoms with E-state index in [9.17, 15) is 8.78 Å². The van der Waals surface area contributed by atoms with Gasteiger partial charge in [-0.25, -0.2) is 8.78 Å². The van der Waals surface area contributed by atoms with Crippen LogP contribution >= 0.6 is 0 Å². The first-order valence-corrected chi connectivity index (χ1v) is 2.24. The van der Waals surface area contributed by atoms with Crippen molar-refractivity contribution >= 4 is 0 Å². The SMILES string of the molecule is C=C/C=C/C(C)(F)F. The van der Waals surface area contributed by atoms with Crippen LogP contribution in [0.2, 0.25) is 0 Å². The summed E-state index contributed by atoms with van der Waals surface area (Å²) in [4.78, 5) is 0. The van der Waals surface area contributed by atoms with Crippen LogP contribution < -0.4 is 0 Å². The molecule has 0 aromatic rings. The highest BCUT2D eigenvalue weighted by Gasteiger charge is 2.13. The summed E-state index contributed by atoms with van der Waals surface area (Å²) in [5, 5.41) is 0. The van der Waals surface area contributed by atoms with Crippen LogP contribution in [0.1, 0.15) is 6.92 Å². The zero-order valence-corrected chi connectivity index (χ0v) is 4.70. The number of rotatable bonds is 2. The molecule has 0 nitrogen and oxygen atoms in total. The number of halogens is 2. The van der Waals surface area contributed by atoms with Gasteiger partial charge in [-0.05, 0) is 6.08 Å². The fraction of sp³-hybridized carbons (Fsp3) is 0.333. The van der Waals surface area contributed by atoms with Crippen molar-refractivity contribution in [2.45, 2.75) is 12.8 Å². The van der Waals surface area contributed by atoms with Crippen molar-refractivity contribution in [3.05, 3.63) is 24.8 Å². The minimum atomic E-state index is -2.70. The van der Waals surface area contributed by atoms with Gasteiger partial charge in [0.25, 0.3) is 5.92 Å². The molecule has 0 aliphatic heterocycles. The van der Waals surface area contributed by atoms with Crippen molar-refractivity contribution in [1.82, 2.24) is 0 Å². The molecule has 0 fully saturated rings. The van der Waals surface area contributed by atoms with Gasteiger partial charge in [0.05, 0.1) is 0 Å². The third kappa shape index (κ3) is 5.34. The van der Waals surface area contributed by atoms with Gasteiger partial charge in [0.15, 0.2) is 0 Å². The maximum atomic E-state index is 11.8. The molecular weight excluding hydrogens is 110 g/mol. The molecule has 0 N–H and O–H groups in total. The number of hydrogen-bond donors (Lipinski definition) is 0. The molecule has 0 aromatic carbocycles. The van der Waals surface area contributed by atoms with Gasteiger partial charge in [-0.2, -0.15) is 0 Å². The molecule has 0 rings (SSSR count). The largest absolute Gasteiger partial charge is 0.264 e. The summed E-state index contributed by atoms with van der Waals surface area (Å²) in [6.45, 7) is 4.07. The van der Waals surface area contributed by atoms with Gasteiger partial charge >= 0.3 is 0 Å². The predicted molar refractivity (Wildman–Crippen MR) is 30.0 cm³/mol. The molecule has 0 bridgehead atoms. The van der Waals surface area contributed by atoms with Gasteiger partial charge in [0.1, 0.15) is 0 Å². The Hall–Kier alpha value is -0.660. The first-order valence-electron chi connectivity index (χ1n) is 2.24. The van der Waals surface area contributed by atoms with Crippen molar-refractivity contribution in [3.63, 3.8) is 0 Å². The van der Waals surface area contributed by atoms with Crippen LogP contribution in [0.15, 0.2) is 24.8 Å². The average Bonchev–Trinajstić information content (AvgIpc) is 1.59. The Bertz CT molecular complexity index is 97.6. The van der Waals surface area contributed by atoms with Crippen molar-refractivity contribution in [1.29, 1.82) is 0 Å². The molecule has 0 heterocycles. The highest BCUT2D eigenvalue weighted by atomic mass is 19.3. The third-order valence-electron chi connectivity index (χ3n) is 0.525. The maximum absolute atomic E-state index is 11.8. The lowest BCUT2D eigenvalue weighted by molar-refractivity contribution is 0.0775. The van der Waals surface area contributed by atoms with E-state index >= 15 is 0 Å². The van der Waals surface area contributed by atoms with Crippen LogP contribution in [0.4, 0.5) is 8.78 Å². The first kappa shape index (κ1) is 7.34. The molecule has 0 atom stereocenters. The second kappa shape index (κ2) is 2.60. The summed E-state index contributed by atoms with van der Waals surface area (Å²) in [6, 6.07) is 0. The van der Waals surface area contributed by atoms with Crippen molar-refractivity contribution in [2.75, 3.05) is 0 Å². The van der Waals surface area contributed by atoms with Gasteiger partial charge in [0.2, 0.25) is 0 Å². The summed E-state index contributed by atoms with van der Waals surface area (Å²) in [7, 11) is 0. The van der Waals surface area contributed by atoms with Gasteiger partial charge < -0.3 is 0 Å². The van der Waals surface area contributed by atoms with E-state index in [2.05, 4.69) is 6.58 Å². The van der Waals surface area contributed by atoms with Crippen LogP contribution in [0.3, 0.4) is 0 Å². The van der Waals surface area contributed by atoms with Gasteiger partial charge in [-0.3, -0.25) is 0 Å².